The SMILES string of the molecule is C=C(C)CN(CC)C(=O)CSc1nnc(-c2ccc(Cl)cc2)n1-c1ccc(OC)cc1. The van der Waals surface area contributed by atoms with E-state index in [2.05, 4.69) is 16.8 Å². The van der Waals surface area contributed by atoms with Gasteiger partial charge >= 0.3 is 0 Å². The van der Waals surface area contributed by atoms with Gasteiger partial charge in [-0.3, -0.25) is 9.36 Å². The molecule has 1 heterocycles. The maximum atomic E-state index is 12.7. The van der Waals surface area contributed by atoms with E-state index >= 15 is 0 Å². The Hall–Kier alpha value is -2.77. The smallest absolute Gasteiger partial charge is 0.233 e. The average Bonchev–Trinajstić information content (AvgIpc) is 3.20. The monoisotopic (exact) mass is 456 g/mol. The van der Waals surface area contributed by atoms with Crippen molar-refractivity contribution in [2.75, 3.05) is 26.0 Å². The molecular formula is C23H25ClN4O2S. The fourth-order valence-electron chi connectivity index (χ4n) is 3.03. The second-order valence-electron chi connectivity index (χ2n) is 7.00. The van der Waals surface area contributed by atoms with Gasteiger partial charge in [-0.15, -0.1) is 10.2 Å². The highest BCUT2D eigenvalue weighted by Crippen LogP contribution is 2.29. The Morgan fingerprint density at radius 1 is 1.16 bits per heavy atom. The largest absolute Gasteiger partial charge is 0.497 e. The highest BCUT2D eigenvalue weighted by atomic mass is 35.5. The number of hydrogen-bond acceptors (Lipinski definition) is 5. The number of aromatic nitrogens is 3. The fourth-order valence-corrected chi connectivity index (χ4v) is 4.01. The van der Waals surface area contributed by atoms with E-state index in [-0.39, 0.29) is 11.7 Å². The Labute approximate surface area is 191 Å². The lowest BCUT2D eigenvalue weighted by Gasteiger charge is -2.20. The molecule has 8 heteroatoms. The van der Waals surface area contributed by atoms with E-state index in [4.69, 9.17) is 16.3 Å². The van der Waals surface area contributed by atoms with E-state index in [0.717, 1.165) is 22.6 Å². The Bertz CT molecular complexity index is 1050. The lowest BCUT2D eigenvalue weighted by atomic mass is 10.2. The number of rotatable bonds is 9. The third kappa shape index (κ3) is 5.68. The first-order chi connectivity index (χ1) is 14.9. The molecule has 0 unspecified atom stereocenters. The summed E-state index contributed by atoms with van der Waals surface area (Å²) in [6.07, 6.45) is 0. The molecule has 0 atom stereocenters. The van der Waals surface area contributed by atoms with Crippen molar-refractivity contribution in [3.8, 4) is 22.8 Å². The van der Waals surface area contributed by atoms with Gasteiger partial charge in [0.15, 0.2) is 11.0 Å². The number of nitrogens with zero attached hydrogens (tertiary/aromatic N) is 4. The molecule has 0 aliphatic heterocycles. The summed E-state index contributed by atoms with van der Waals surface area (Å²) in [7, 11) is 1.63. The van der Waals surface area contributed by atoms with Crippen molar-refractivity contribution in [2.45, 2.75) is 19.0 Å². The summed E-state index contributed by atoms with van der Waals surface area (Å²) in [4.78, 5) is 14.5. The molecule has 162 valence electrons. The minimum Gasteiger partial charge on any atom is -0.497 e. The van der Waals surface area contributed by atoms with Crippen molar-refractivity contribution in [3.63, 3.8) is 0 Å². The van der Waals surface area contributed by atoms with Gasteiger partial charge in [0.1, 0.15) is 5.75 Å². The molecule has 31 heavy (non-hydrogen) atoms. The molecule has 3 aromatic rings. The van der Waals surface area contributed by atoms with Gasteiger partial charge in [0, 0.05) is 29.4 Å². The number of ether oxygens (including phenoxy) is 1. The van der Waals surface area contributed by atoms with Crippen LogP contribution in [-0.4, -0.2) is 51.5 Å². The van der Waals surface area contributed by atoms with E-state index in [1.165, 1.54) is 11.8 Å². The molecule has 3 rings (SSSR count). The first-order valence-corrected chi connectivity index (χ1v) is 11.2. The third-order valence-electron chi connectivity index (χ3n) is 4.59. The molecule has 0 saturated carbocycles. The van der Waals surface area contributed by atoms with Crippen LogP contribution in [0, 0.1) is 0 Å². The zero-order valence-electron chi connectivity index (χ0n) is 17.8. The van der Waals surface area contributed by atoms with Gasteiger partial charge in [0.25, 0.3) is 0 Å². The van der Waals surface area contributed by atoms with Crippen LogP contribution in [0.2, 0.25) is 5.02 Å². The number of amides is 1. The molecule has 0 N–H and O–H groups in total. The fraction of sp³-hybridized carbons (Fsp3) is 0.261. The number of likely N-dealkylation sites (N-methyl/N-ethyl adjacent to an activating group) is 1. The van der Waals surface area contributed by atoms with Crippen LogP contribution in [0.1, 0.15) is 13.8 Å². The van der Waals surface area contributed by atoms with Gasteiger partial charge < -0.3 is 9.64 Å². The zero-order valence-corrected chi connectivity index (χ0v) is 19.4. The van der Waals surface area contributed by atoms with Crippen LogP contribution >= 0.6 is 23.4 Å². The number of carbonyl (C=O) groups excluding carboxylic acids is 1. The number of thioether (sulfide) groups is 1. The summed E-state index contributed by atoms with van der Waals surface area (Å²) in [6.45, 7) is 8.97. The molecule has 0 aliphatic rings. The summed E-state index contributed by atoms with van der Waals surface area (Å²) in [5.74, 6) is 1.72. The molecule has 0 fully saturated rings. The van der Waals surface area contributed by atoms with Crippen molar-refractivity contribution in [1.29, 1.82) is 0 Å². The number of benzene rings is 2. The summed E-state index contributed by atoms with van der Waals surface area (Å²) in [6, 6.07) is 15.1. The van der Waals surface area contributed by atoms with Gasteiger partial charge in [-0.1, -0.05) is 35.5 Å². The number of carbonyl (C=O) groups is 1. The Kier molecular flexibility index (Phi) is 7.76. The highest BCUT2D eigenvalue weighted by molar-refractivity contribution is 7.99. The number of methoxy groups -OCH3 is 1. The summed E-state index contributed by atoms with van der Waals surface area (Å²) >= 11 is 7.41. The maximum Gasteiger partial charge on any atom is 0.233 e. The van der Waals surface area contributed by atoms with Crippen LogP contribution in [0.3, 0.4) is 0 Å². The maximum absolute atomic E-state index is 12.7. The van der Waals surface area contributed by atoms with Crippen molar-refractivity contribution >= 4 is 29.3 Å². The van der Waals surface area contributed by atoms with Crippen molar-refractivity contribution < 1.29 is 9.53 Å². The van der Waals surface area contributed by atoms with Crippen molar-refractivity contribution in [2.24, 2.45) is 0 Å². The molecule has 1 amide bonds. The van der Waals surface area contributed by atoms with Gasteiger partial charge in [-0.2, -0.15) is 0 Å². The van der Waals surface area contributed by atoms with Gasteiger partial charge in [0.05, 0.1) is 12.9 Å². The lowest BCUT2D eigenvalue weighted by molar-refractivity contribution is -0.127. The lowest BCUT2D eigenvalue weighted by Crippen LogP contribution is -2.33. The van der Waals surface area contributed by atoms with Gasteiger partial charge in [0.2, 0.25) is 5.91 Å². The summed E-state index contributed by atoms with van der Waals surface area (Å²) in [5.41, 5.74) is 2.70. The molecule has 0 saturated heterocycles. The van der Waals surface area contributed by atoms with Gasteiger partial charge in [-0.25, -0.2) is 0 Å². The molecule has 1 aromatic heterocycles. The van der Waals surface area contributed by atoms with Crippen LogP contribution in [0.25, 0.3) is 17.1 Å². The topological polar surface area (TPSA) is 60.2 Å². The van der Waals surface area contributed by atoms with E-state index in [9.17, 15) is 4.79 Å². The minimum absolute atomic E-state index is 0.0350. The van der Waals surface area contributed by atoms with Crippen molar-refractivity contribution in [3.05, 3.63) is 65.7 Å². The van der Waals surface area contributed by atoms with Crippen LogP contribution in [0.15, 0.2) is 65.8 Å². The standard InChI is InChI=1S/C23H25ClN4O2S/c1-5-27(14-16(2)3)21(29)15-31-23-26-25-22(17-6-8-18(24)9-7-17)28(23)19-10-12-20(30-4)13-11-19/h6-13H,2,5,14-15H2,1,3-4H3. The summed E-state index contributed by atoms with van der Waals surface area (Å²) < 4.78 is 7.22. The first kappa shape index (κ1) is 22.9. The quantitative estimate of drug-likeness (QED) is 0.330. The predicted octanol–water partition coefficient (Wildman–Crippen LogP) is 5.11. The predicted molar refractivity (Wildman–Crippen MR) is 126 cm³/mol. The zero-order chi connectivity index (χ0) is 22.4. The van der Waals surface area contributed by atoms with Crippen LogP contribution in [0.4, 0.5) is 0 Å². The first-order valence-electron chi connectivity index (χ1n) is 9.83. The molecule has 6 nitrogen and oxygen atoms in total. The van der Waals surface area contributed by atoms with E-state index in [0.29, 0.717) is 29.1 Å². The molecule has 0 spiro atoms. The summed E-state index contributed by atoms with van der Waals surface area (Å²) in [5, 5.41) is 10.1. The van der Waals surface area contributed by atoms with Crippen molar-refractivity contribution in [1.82, 2.24) is 19.7 Å². The second-order valence-corrected chi connectivity index (χ2v) is 8.38. The number of halogens is 1. The number of hydrogen-bond donors (Lipinski definition) is 0. The average molecular weight is 457 g/mol. The minimum atomic E-state index is 0.0350. The molecular weight excluding hydrogens is 432 g/mol. The van der Waals surface area contributed by atoms with Crippen LogP contribution in [0.5, 0.6) is 5.75 Å². The van der Waals surface area contributed by atoms with Crippen LogP contribution in [-0.2, 0) is 4.79 Å². The molecule has 0 radical (unpaired) electrons. The third-order valence-corrected chi connectivity index (χ3v) is 5.75. The Morgan fingerprint density at radius 2 is 1.84 bits per heavy atom. The van der Waals surface area contributed by atoms with Crippen LogP contribution < -0.4 is 4.74 Å². The normalized spacial score (nSPS) is 10.7. The highest BCUT2D eigenvalue weighted by Gasteiger charge is 2.19. The van der Waals surface area contributed by atoms with Gasteiger partial charge in [-0.05, 0) is 62.4 Å². The van der Waals surface area contributed by atoms with E-state index < -0.39 is 0 Å². The van der Waals surface area contributed by atoms with E-state index in [1.54, 1.807) is 12.0 Å². The van der Waals surface area contributed by atoms with E-state index in [1.807, 2.05) is 66.9 Å². The molecule has 0 bridgehead atoms. The Balaban J connectivity index is 1.93. The molecule has 0 aliphatic carbocycles. The second kappa shape index (κ2) is 10.5. The molecule has 2 aromatic carbocycles. The Morgan fingerprint density at radius 3 is 2.42 bits per heavy atom.